The Morgan fingerprint density at radius 1 is 1.25 bits per heavy atom. The first kappa shape index (κ1) is 12.3. The summed E-state index contributed by atoms with van der Waals surface area (Å²) in [5, 5.41) is 3.13. The van der Waals surface area contributed by atoms with Gasteiger partial charge in [-0.2, -0.15) is 4.39 Å². The van der Waals surface area contributed by atoms with Gasteiger partial charge in [-0.15, -0.1) is 0 Å². The molecule has 1 aromatic rings. The minimum Gasteiger partial charge on any atom is -0.349 e. The van der Waals surface area contributed by atoms with E-state index in [0.717, 1.165) is 24.2 Å². The molecule has 2 bridgehead atoms. The summed E-state index contributed by atoms with van der Waals surface area (Å²) < 4.78 is 13.1. The maximum atomic E-state index is 13.1. The molecule has 4 heteroatoms. The van der Waals surface area contributed by atoms with Crippen LogP contribution < -0.4 is 5.32 Å². The molecular formula is C16H19FN2O. The first-order valence-electron chi connectivity index (χ1n) is 7.65. The van der Waals surface area contributed by atoms with E-state index >= 15 is 0 Å². The van der Waals surface area contributed by atoms with Crippen molar-refractivity contribution in [2.45, 2.75) is 38.1 Å². The predicted molar refractivity (Wildman–Crippen MR) is 72.5 cm³/mol. The smallest absolute Gasteiger partial charge is 0.251 e. The zero-order chi connectivity index (χ0) is 13.7. The third kappa shape index (κ3) is 1.85. The topological polar surface area (TPSA) is 42.0 Å². The monoisotopic (exact) mass is 274 g/mol. The van der Waals surface area contributed by atoms with Gasteiger partial charge in [0.25, 0.3) is 5.91 Å². The van der Waals surface area contributed by atoms with Crippen molar-refractivity contribution in [3.63, 3.8) is 0 Å². The largest absolute Gasteiger partial charge is 0.349 e. The fourth-order valence-electron chi connectivity index (χ4n) is 5.03. The average Bonchev–Trinajstić information content (AvgIpc) is 3.10. The number of rotatable bonds is 2. The molecule has 3 nitrogen and oxygen atoms in total. The van der Waals surface area contributed by atoms with Gasteiger partial charge in [0.1, 0.15) is 0 Å². The second kappa shape index (κ2) is 4.54. The molecule has 106 valence electrons. The second-order valence-electron chi connectivity index (χ2n) is 6.60. The van der Waals surface area contributed by atoms with Crippen LogP contribution >= 0.6 is 0 Å². The van der Waals surface area contributed by atoms with Gasteiger partial charge in [0.05, 0.1) is 0 Å². The summed E-state index contributed by atoms with van der Waals surface area (Å²) in [6.45, 7) is 0. The quantitative estimate of drug-likeness (QED) is 0.843. The van der Waals surface area contributed by atoms with Gasteiger partial charge in [-0.25, -0.2) is 4.98 Å². The molecule has 1 N–H and O–H groups in total. The van der Waals surface area contributed by atoms with Crippen LogP contribution in [0.3, 0.4) is 0 Å². The minimum absolute atomic E-state index is 0.154. The van der Waals surface area contributed by atoms with E-state index in [4.69, 9.17) is 0 Å². The number of aromatic nitrogens is 1. The molecule has 0 spiro atoms. The number of nitrogens with one attached hydrogen (secondary N) is 1. The lowest BCUT2D eigenvalue weighted by molar-refractivity contribution is 0.0900. The molecule has 0 aromatic carbocycles. The fourth-order valence-corrected chi connectivity index (χ4v) is 5.03. The molecule has 3 aliphatic carbocycles. The number of nitrogens with zero attached hydrogens (tertiary/aromatic N) is 1. The van der Waals surface area contributed by atoms with Gasteiger partial charge in [-0.3, -0.25) is 4.79 Å². The standard InChI is InChI=1S/C16H19FN2O/c17-15-8-9(4-5-18-15)16(20)19-14-7-10-6-13(14)12-3-1-2-11(10)12/h4-5,8,10-14H,1-3,6-7H2,(H,19,20)/t10-,11+,12-,13-,14+/m1/s1. The Hall–Kier alpha value is -1.45. The van der Waals surface area contributed by atoms with Crippen LogP contribution in [0.25, 0.3) is 0 Å². The summed E-state index contributed by atoms with van der Waals surface area (Å²) in [5.41, 5.74) is 0.378. The van der Waals surface area contributed by atoms with E-state index in [1.807, 2.05) is 0 Å². The lowest BCUT2D eigenvalue weighted by Crippen LogP contribution is -2.42. The number of amides is 1. The van der Waals surface area contributed by atoms with E-state index in [1.54, 1.807) is 6.07 Å². The lowest BCUT2D eigenvalue weighted by Gasteiger charge is -2.32. The molecule has 1 amide bonds. The van der Waals surface area contributed by atoms with Gasteiger partial charge >= 0.3 is 0 Å². The van der Waals surface area contributed by atoms with Gasteiger partial charge in [-0.05, 0) is 55.4 Å². The maximum absolute atomic E-state index is 13.1. The van der Waals surface area contributed by atoms with E-state index in [-0.39, 0.29) is 5.91 Å². The first-order valence-corrected chi connectivity index (χ1v) is 7.65. The molecule has 0 aliphatic heterocycles. The SMILES string of the molecule is O=C(N[C@H]1C[C@H]2C[C@@H]1[C@@H]1CCC[C@@H]21)c1ccnc(F)c1. The molecule has 3 saturated carbocycles. The zero-order valence-corrected chi connectivity index (χ0v) is 11.4. The van der Waals surface area contributed by atoms with Crippen LogP contribution in [0.15, 0.2) is 18.3 Å². The summed E-state index contributed by atoms with van der Waals surface area (Å²) in [7, 11) is 0. The molecule has 0 saturated heterocycles. The number of carbonyl (C=O) groups is 1. The first-order chi connectivity index (χ1) is 9.72. The molecule has 0 radical (unpaired) electrons. The van der Waals surface area contributed by atoms with Crippen LogP contribution in [-0.4, -0.2) is 16.9 Å². The van der Waals surface area contributed by atoms with E-state index in [9.17, 15) is 9.18 Å². The van der Waals surface area contributed by atoms with Crippen molar-refractivity contribution in [2.75, 3.05) is 0 Å². The van der Waals surface area contributed by atoms with Crippen molar-refractivity contribution in [2.24, 2.45) is 23.7 Å². The highest BCUT2D eigenvalue weighted by Gasteiger charge is 2.54. The molecule has 3 aliphatic rings. The van der Waals surface area contributed by atoms with E-state index in [2.05, 4.69) is 10.3 Å². The van der Waals surface area contributed by atoms with Crippen molar-refractivity contribution in [3.8, 4) is 0 Å². The number of carbonyl (C=O) groups excluding carboxylic acids is 1. The molecule has 3 fully saturated rings. The van der Waals surface area contributed by atoms with Crippen LogP contribution in [-0.2, 0) is 0 Å². The number of hydrogen-bond donors (Lipinski definition) is 1. The molecule has 1 heterocycles. The molecule has 4 rings (SSSR count). The Labute approximate surface area is 118 Å². The van der Waals surface area contributed by atoms with Crippen molar-refractivity contribution in [1.82, 2.24) is 10.3 Å². The Kier molecular flexibility index (Phi) is 2.79. The highest BCUT2D eigenvalue weighted by Crippen LogP contribution is 2.58. The Balaban J connectivity index is 1.47. The van der Waals surface area contributed by atoms with Crippen LogP contribution in [0.1, 0.15) is 42.5 Å². The highest BCUT2D eigenvalue weighted by molar-refractivity contribution is 5.94. The Morgan fingerprint density at radius 3 is 2.95 bits per heavy atom. The van der Waals surface area contributed by atoms with Gasteiger partial charge in [-0.1, -0.05) is 6.42 Å². The summed E-state index contributed by atoms with van der Waals surface area (Å²) in [6.07, 6.45) is 7.83. The van der Waals surface area contributed by atoms with Crippen LogP contribution in [0.5, 0.6) is 0 Å². The van der Waals surface area contributed by atoms with Gasteiger partial charge in [0.2, 0.25) is 5.95 Å². The number of hydrogen-bond acceptors (Lipinski definition) is 2. The highest BCUT2D eigenvalue weighted by atomic mass is 19.1. The molecule has 1 aromatic heterocycles. The second-order valence-corrected chi connectivity index (χ2v) is 6.60. The number of fused-ring (bicyclic) bond motifs is 5. The molecular weight excluding hydrogens is 255 g/mol. The summed E-state index contributed by atoms with van der Waals surface area (Å²) in [5.74, 6) is 2.47. The third-order valence-corrected chi connectivity index (χ3v) is 5.73. The minimum atomic E-state index is -0.596. The van der Waals surface area contributed by atoms with E-state index < -0.39 is 5.95 Å². The van der Waals surface area contributed by atoms with Crippen LogP contribution in [0.4, 0.5) is 4.39 Å². The maximum Gasteiger partial charge on any atom is 0.251 e. The third-order valence-electron chi connectivity index (χ3n) is 5.73. The fraction of sp³-hybridized carbons (Fsp3) is 0.625. The van der Waals surface area contributed by atoms with Gasteiger partial charge < -0.3 is 5.32 Å². The molecule has 20 heavy (non-hydrogen) atoms. The van der Waals surface area contributed by atoms with Gasteiger partial charge in [0.15, 0.2) is 0 Å². The summed E-state index contributed by atoms with van der Waals surface area (Å²) in [6, 6.07) is 3.08. The Bertz CT molecular complexity index is 547. The number of halogens is 1. The van der Waals surface area contributed by atoms with Crippen LogP contribution in [0.2, 0.25) is 0 Å². The predicted octanol–water partition coefficient (Wildman–Crippen LogP) is 2.78. The summed E-state index contributed by atoms with van der Waals surface area (Å²) >= 11 is 0. The molecule has 0 unspecified atom stereocenters. The molecule has 5 atom stereocenters. The number of pyridine rings is 1. The van der Waals surface area contributed by atoms with E-state index in [1.165, 1.54) is 37.9 Å². The lowest BCUT2D eigenvalue weighted by atomic mass is 9.79. The normalized spacial score (nSPS) is 38.0. The Morgan fingerprint density at radius 2 is 2.10 bits per heavy atom. The summed E-state index contributed by atoms with van der Waals surface area (Å²) in [4.78, 5) is 15.7. The van der Waals surface area contributed by atoms with Gasteiger partial charge in [0, 0.05) is 23.9 Å². The van der Waals surface area contributed by atoms with Crippen molar-refractivity contribution < 1.29 is 9.18 Å². The van der Waals surface area contributed by atoms with E-state index in [0.29, 0.717) is 17.5 Å². The van der Waals surface area contributed by atoms with Crippen molar-refractivity contribution in [1.29, 1.82) is 0 Å². The van der Waals surface area contributed by atoms with Crippen molar-refractivity contribution in [3.05, 3.63) is 29.8 Å². The van der Waals surface area contributed by atoms with Crippen LogP contribution in [0, 0.1) is 29.6 Å². The average molecular weight is 274 g/mol. The zero-order valence-electron chi connectivity index (χ0n) is 11.4. The van der Waals surface area contributed by atoms with Crippen molar-refractivity contribution >= 4 is 5.91 Å².